The number of sulfonamides is 1. The van der Waals surface area contributed by atoms with Gasteiger partial charge in [0.1, 0.15) is 24.7 Å². The van der Waals surface area contributed by atoms with Crippen molar-refractivity contribution < 1.29 is 32.5 Å². The highest BCUT2D eigenvalue weighted by Gasteiger charge is 2.19. The van der Waals surface area contributed by atoms with Crippen molar-refractivity contribution in [2.45, 2.75) is 46.4 Å². The number of hydrogen-bond donors (Lipinski definition) is 3. The fourth-order valence-electron chi connectivity index (χ4n) is 5.18. The summed E-state index contributed by atoms with van der Waals surface area (Å²) in [6, 6.07) is 25.6. The summed E-state index contributed by atoms with van der Waals surface area (Å²) in [4.78, 5) is 12.0. The highest BCUT2D eigenvalue weighted by Crippen LogP contribution is 2.32. The molecule has 10 heteroatoms. The Morgan fingerprint density at radius 3 is 2.22 bits per heavy atom. The molecule has 0 saturated heterocycles. The van der Waals surface area contributed by atoms with Gasteiger partial charge in [-0.05, 0) is 97.5 Å². The number of rotatable bonds is 15. The van der Waals surface area contributed by atoms with Gasteiger partial charge in [0.05, 0.1) is 30.2 Å². The molecule has 0 radical (unpaired) electrons. The van der Waals surface area contributed by atoms with Crippen LogP contribution in [0.4, 0.5) is 5.69 Å². The number of aliphatic hydroxyl groups excluding tert-OH is 1. The van der Waals surface area contributed by atoms with Crippen molar-refractivity contribution in [3.8, 4) is 22.6 Å². The molecule has 0 aliphatic carbocycles. The number of aliphatic hydroxyl groups is 1. The standard InChI is InChI=1S/C36H42N2O7S/c1-6-43-36(40)29-14-12-28(13-15-29)34-24(2)20-31(21-25(34)3)44-19-18-37-26(4)35(39)30-16-17-33(32(22-30)38-46(5,41)42)45-23-27-10-8-7-9-11-27/h7-17,20-22,26,35,37-39H,6,18-19,23H2,1-5H3/t26-,35-/m0/s1. The fourth-order valence-corrected chi connectivity index (χ4v) is 5.74. The van der Waals surface area contributed by atoms with E-state index in [4.69, 9.17) is 14.2 Å². The lowest BCUT2D eigenvalue weighted by molar-refractivity contribution is 0.0526. The minimum atomic E-state index is -3.58. The summed E-state index contributed by atoms with van der Waals surface area (Å²) in [5, 5.41) is 14.4. The van der Waals surface area contributed by atoms with E-state index < -0.39 is 16.1 Å². The smallest absolute Gasteiger partial charge is 0.338 e. The highest BCUT2D eigenvalue weighted by molar-refractivity contribution is 7.92. The Labute approximate surface area is 271 Å². The Morgan fingerprint density at radius 1 is 0.913 bits per heavy atom. The predicted octanol–water partition coefficient (Wildman–Crippen LogP) is 6.19. The molecule has 0 saturated carbocycles. The van der Waals surface area contributed by atoms with Crippen LogP contribution in [0.1, 0.15) is 52.6 Å². The summed E-state index contributed by atoms with van der Waals surface area (Å²) in [7, 11) is -3.58. The van der Waals surface area contributed by atoms with E-state index in [1.807, 2.05) is 75.4 Å². The summed E-state index contributed by atoms with van der Waals surface area (Å²) >= 11 is 0. The van der Waals surface area contributed by atoms with Gasteiger partial charge in [0.2, 0.25) is 10.0 Å². The van der Waals surface area contributed by atoms with Crippen LogP contribution in [0.25, 0.3) is 11.1 Å². The van der Waals surface area contributed by atoms with Gasteiger partial charge < -0.3 is 24.6 Å². The first-order valence-corrected chi connectivity index (χ1v) is 17.1. The largest absolute Gasteiger partial charge is 0.492 e. The molecule has 0 heterocycles. The van der Waals surface area contributed by atoms with E-state index in [2.05, 4.69) is 10.0 Å². The van der Waals surface area contributed by atoms with Gasteiger partial charge in [-0.2, -0.15) is 0 Å². The first kappa shape index (κ1) is 34.5. The number of carbonyl (C=O) groups is 1. The molecule has 244 valence electrons. The molecule has 0 unspecified atom stereocenters. The lowest BCUT2D eigenvalue weighted by atomic mass is 9.95. The van der Waals surface area contributed by atoms with Crippen molar-refractivity contribution in [2.24, 2.45) is 0 Å². The van der Waals surface area contributed by atoms with Crippen LogP contribution in [0.3, 0.4) is 0 Å². The lowest BCUT2D eigenvalue weighted by Crippen LogP contribution is -2.35. The molecule has 3 N–H and O–H groups in total. The quantitative estimate of drug-likeness (QED) is 0.103. The number of nitrogens with one attached hydrogen (secondary N) is 2. The number of ether oxygens (including phenoxy) is 3. The SMILES string of the molecule is CCOC(=O)c1ccc(-c2c(C)cc(OCCN[C@@H](C)[C@H](O)c3ccc(OCc4ccccc4)c(NS(C)(=O)=O)c3)cc2C)cc1. The number of carbonyl (C=O) groups excluding carboxylic acids is 1. The highest BCUT2D eigenvalue weighted by atomic mass is 32.2. The molecular formula is C36H42N2O7S. The van der Waals surface area contributed by atoms with E-state index in [0.29, 0.717) is 36.6 Å². The normalized spacial score (nSPS) is 12.7. The van der Waals surface area contributed by atoms with Crippen LogP contribution >= 0.6 is 0 Å². The van der Waals surface area contributed by atoms with Gasteiger partial charge in [-0.25, -0.2) is 13.2 Å². The van der Waals surface area contributed by atoms with Crippen LogP contribution in [-0.2, 0) is 21.4 Å². The van der Waals surface area contributed by atoms with Gasteiger partial charge in [0.15, 0.2) is 0 Å². The average molecular weight is 647 g/mol. The van der Waals surface area contributed by atoms with E-state index >= 15 is 0 Å². The van der Waals surface area contributed by atoms with Gasteiger partial charge in [0.25, 0.3) is 0 Å². The average Bonchev–Trinajstić information content (AvgIpc) is 3.02. The molecule has 4 rings (SSSR count). The number of aryl methyl sites for hydroxylation is 2. The molecule has 0 aliphatic rings. The summed E-state index contributed by atoms with van der Waals surface area (Å²) in [6.45, 7) is 9.13. The Balaban J connectivity index is 1.34. The minimum Gasteiger partial charge on any atom is -0.492 e. The second-order valence-electron chi connectivity index (χ2n) is 11.2. The fraction of sp³-hybridized carbons (Fsp3) is 0.306. The van der Waals surface area contributed by atoms with E-state index in [1.165, 1.54) is 0 Å². The third kappa shape index (κ3) is 9.56. The van der Waals surface area contributed by atoms with Crippen LogP contribution in [0, 0.1) is 13.8 Å². The summed E-state index contributed by atoms with van der Waals surface area (Å²) < 4.78 is 43.6. The molecule has 46 heavy (non-hydrogen) atoms. The zero-order chi connectivity index (χ0) is 33.3. The maximum Gasteiger partial charge on any atom is 0.338 e. The van der Waals surface area contributed by atoms with Gasteiger partial charge in [-0.3, -0.25) is 4.72 Å². The number of anilines is 1. The molecule has 4 aromatic rings. The Bertz CT molecular complexity index is 1700. The molecule has 0 aromatic heterocycles. The maximum absolute atomic E-state index is 12.1. The zero-order valence-corrected chi connectivity index (χ0v) is 27.7. The molecule has 0 amide bonds. The number of hydrogen-bond acceptors (Lipinski definition) is 8. The Kier molecular flexibility index (Phi) is 11.8. The van der Waals surface area contributed by atoms with E-state index in [-0.39, 0.29) is 24.3 Å². The topological polar surface area (TPSA) is 123 Å². The van der Waals surface area contributed by atoms with Crippen LogP contribution in [-0.4, -0.2) is 51.5 Å². The van der Waals surface area contributed by atoms with Crippen LogP contribution in [0.15, 0.2) is 84.9 Å². The molecular weight excluding hydrogens is 604 g/mol. The minimum absolute atomic E-state index is 0.259. The van der Waals surface area contributed by atoms with Crippen molar-refractivity contribution in [3.05, 3.63) is 113 Å². The predicted molar refractivity (Wildman–Crippen MR) is 181 cm³/mol. The summed E-state index contributed by atoms with van der Waals surface area (Å²) in [5.41, 5.74) is 6.44. The third-order valence-electron chi connectivity index (χ3n) is 7.38. The van der Waals surface area contributed by atoms with Crippen molar-refractivity contribution in [2.75, 3.05) is 30.7 Å². The van der Waals surface area contributed by atoms with E-state index in [0.717, 1.165) is 39.8 Å². The molecule has 9 nitrogen and oxygen atoms in total. The molecule has 0 aliphatic heterocycles. The third-order valence-corrected chi connectivity index (χ3v) is 7.97. The van der Waals surface area contributed by atoms with Crippen molar-refractivity contribution in [1.29, 1.82) is 0 Å². The first-order valence-electron chi connectivity index (χ1n) is 15.2. The van der Waals surface area contributed by atoms with Gasteiger partial charge in [0, 0.05) is 12.6 Å². The zero-order valence-electron chi connectivity index (χ0n) is 26.9. The molecule has 2 atom stereocenters. The Hall–Kier alpha value is -4.38. The molecule has 4 aromatic carbocycles. The van der Waals surface area contributed by atoms with E-state index in [1.54, 1.807) is 37.3 Å². The van der Waals surface area contributed by atoms with Crippen molar-refractivity contribution in [3.63, 3.8) is 0 Å². The van der Waals surface area contributed by atoms with Gasteiger partial charge in [-0.15, -0.1) is 0 Å². The van der Waals surface area contributed by atoms with Crippen molar-refractivity contribution >= 4 is 21.7 Å². The first-order chi connectivity index (χ1) is 21.9. The van der Waals surface area contributed by atoms with Crippen molar-refractivity contribution in [1.82, 2.24) is 5.32 Å². The summed E-state index contributed by atoms with van der Waals surface area (Å²) in [6.07, 6.45) is 0.157. The summed E-state index contributed by atoms with van der Waals surface area (Å²) in [5.74, 6) is 0.765. The second kappa shape index (κ2) is 15.8. The Morgan fingerprint density at radius 2 is 1.59 bits per heavy atom. The second-order valence-corrected chi connectivity index (χ2v) is 12.9. The monoisotopic (exact) mass is 646 g/mol. The maximum atomic E-state index is 12.1. The van der Waals surface area contributed by atoms with Gasteiger partial charge >= 0.3 is 5.97 Å². The van der Waals surface area contributed by atoms with Crippen LogP contribution < -0.4 is 19.5 Å². The molecule has 0 bridgehead atoms. The van der Waals surface area contributed by atoms with Crippen LogP contribution in [0.2, 0.25) is 0 Å². The van der Waals surface area contributed by atoms with E-state index in [9.17, 15) is 18.3 Å². The lowest BCUT2D eigenvalue weighted by Gasteiger charge is -2.22. The molecule has 0 fully saturated rings. The van der Waals surface area contributed by atoms with Crippen LogP contribution in [0.5, 0.6) is 11.5 Å². The number of benzene rings is 4. The molecule has 0 spiro atoms. The van der Waals surface area contributed by atoms with Gasteiger partial charge in [-0.1, -0.05) is 48.5 Å². The number of esters is 1.